The Hall–Kier alpha value is -2.16. The summed E-state index contributed by atoms with van der Waals surface area (Å²) in [5.41, 5.74) is 2.43. The van der Waals surface area contributed by atoms with E-state index in [4.69, 9.17) is 5.84 Å². The topological polar surface area (TPSA) is 121 Å². The maximum absolute atomic E-state index is 11.8. The maximum atomic E-state index is 11.8. The van der Waals surface area contributed by atoms with E-state index in [1.807, 2.05) is 18.7 Å². The van der Waals surface area contributed by atoms with Crippen molar-refractivity contribution in [2.45, 2.75) is 32.7 Å². The number of rotatable bonds is 6. The molecular formula is C12H22N8O. The van der Waals surface area contributed by atoms with Crippen LogP contribution in [0.1, 0.15) is 26.7 Å². The van der Waals surface area contributed by atoms with Gasteiger partial charge < -0.3 is 15.5 Å². The smallest absolute Gasteiger partial charge is 0.243 e. The Labute approximate surface area is 123 Å². The molecule has 1 aliphatic heterocycles. The van der Waals surface area contributed by atoms with Gasteiger partial charge in [-0.15, -0.1) is 0 Å². The normalized spacial score (nSPS) is 18.0. The summed E-state index contributed by atoms with van der Waals surface area (Å²) in [6, 6.07) is -0.323. The summed E-state index contributed by atoms with van der Waals surface area (Å²) < 4.78 is 0. The molecule has 2 heterocycles. The van der Waals surface area contributed by atoms with Gasteiger partial charge >= 0.3 is 0 Å². The number of aromatic nitrogens is 3. The van der Waals surface area contributed by atoms with Crippen molar-refractivity contribution in [2.24, 2.45) is 5.84 Å². The molecule has 9 nitrogen and oxygen atoms in total. The van der Waals surface area contributed by atoms with Gasteiger partial charge in [-0.2, -0.15) is 15.0 Å². The SMILES string of the molecule is CCN(CC)c1nc(NN)nc(NC2CCCNC2=O)n1. The molecule has 1 atom stereocenters. The zero-order valence-corrected chi connectivity index (χ0v) is 12.4. The molecule has 116 valence electrons. The first-order valence-corrected chi connectivity index (χ1v) is 7.19. The summed E-state index contributed by atoms with van der Waals surface area (Å²) in [5, 5.41) is 5.87. The second-order valence-electron chi connectivity index (χ2n) is 4.73. The van der Waals surface area contributed by atoms with Crippen molar-refractivity contribution >= 4 is 23.8 Å². The van der Waals surface area contributed by atoms with Gasteiger partial charge in [0.15, 0.2) is 0 Å². The van der Waals surface area contributed by atoms with E-state index in [9.17, 15) is 4.79 Å². The molecule has 0 radical (unpaired) electrons. The Balaban J connectivity index is 2.21. The molecular weight excluding hydrogens is 272 g/mol. The number of hydrogen-bond acceptors (Lipinski definition) is 8. The molecule has 1 unspecified atom stereocenters. The summed E-state index contributed by atoms with van der Waals surface area (Å²) in [7, 11) is 0. The van der Waals surface area contributed by atoms with Crippen LogP contribution in [-0.4, -0.2) is 46.5 Å². The Morgan fingerprint density at radius 2 is 2.00 bits per heavy atom. The molecule has 9 heteroatoms. The standard InChI is InChI=1S/C12H22N8O/c1-3-20(4-2)12-17-10(16-11(18-12)19-13)15-8-6-5-7-14-9(8)21/h8H,3-7,13H2,1-2H3,(H,14,21)(H2,15,16,17,18,19). The highest BCUT2D eigenvalue weighted by Gasteiger charge is 2.23. The van der Waals surface area contributed by atoms with E-state index in [0.29, 0.717) is 18.4 Å². The molecule has 1 aromatic rings. The summed E-state index contributed by atoms with van der Waals surface area (Å²) in [6.07, 6.45) is 1.68. The lowest BCUT2D eigenvalue weighted by molar-refractivity contribution is -0.123. The third-order valence-electron chi connectivity index (χ3n) is 3.39. The molecule has 1 fully saturated rings. The minimum Gasteiger partial charge on any atom is -0.354 e. The third-order valence-corrected chi connectivity index (χ3v) is 3.39. The molecule has 0 aliphatic carbocycles. The highest BCUT2D eigenvalue weighted by molar-refractivity contribution is 5.84. The van der Waals surface area contributed by atoms with Gasteiger partial charge in [-0.1, -0.05) is 0 Å². The summed E-state index contributed by atoms with van der Waals surface area (Å²) >= 11 is 0. The predicted octanol–water partition coefficient (Wildman–Crippen LogP) is -0.306. The van der Waals surface area contributed by atoms with Gasteiger partial charge in [0.05, 0.1) is 0 Å². The second kappa shape index (κ2) is 7.02. The van der Waals surface area contributed by atoms with Crippen molar-refractivity contribution in [1.29, 1.82) is 0 Å². The van der Waals surface area contributed by atoms with Gasteiger partial charge in [-0.3, -0.25) is 10.2 Å². The predicted molar refractivity (Wildman–Crippen MR) is 80.9 cm³/mol. The second-order valence-corrected chi connectivity index (χ2v) is 4.73. The zero-order chi connectivity index (χ0) is 15.2. The van der Waals surface area contributed by atoms with E-state index in [1.165, 1.54) is 0 Å². The van der Waals surface area contributed by atoms with E-state index in [-0.39, 0.29) is 17.9 Å². The van der Waals surface area contributed by atoms with Gasteiger partial charge in [0.2, 0.25) is 23.8 Å². The van der Waals surface area contributed by atoms with Crippen LogP contribution in [0, 0.1) is 0 Å². The number of carbonyl (C=O) groups excluding carboxylic acids is 1. The van der Waals surface area contributed by atoms with Crippen LogP contribution in [-0.2, 0) is 4.79 Å². The number of hydrogen-bond donors (Lipinski definition) is 4. The van der Waals surface area contributed by atoms with Gasteiger partial charge in [0.25, 0.3) is 0 Å². The fourth-order valence-corrected chi connectivity index (χ4v) is 2.21. The number of nitrogens with two attached hydrogens (primary N) is 1. The fraction of sp³-hybridized carbons (Fsp3) is 0.667. The number of carbonyl (C=O) groups is 1. The van der Waals surface area contributed by atoms with E-state index < -0.39 is 0 Å². The highest BCUT2D eigenvalue weighted by atomic mass is 16.2. The minimum atomic E-state index is -0.323. The van der Waals surface area contributed by atoms with Gasteiger partial charge in [0.1, 0.15) is 6.04 Å². The highest BCUT2D eigenvalue weighted by Crippen LogP contribution is 2.15. The summed E-state index contributed by atoms with van der Waals surface area (Å²) in [4.78, 5) is 26.5. The fourth-order valence-electron chi connectivity index (χ4n) is 2.21. The van der Waals surface area contributed by atoms with Crippen LogP contribution < -0.4 is 26.8 Å². The Morgan fingerprint density at radius 3 is 2.62 bits per heavy atom. The van der Waals surface area contributed by atoms with Crippen LogP contribution in [0.25, 0.3) is 0 Å². The number of nitrogens with zero attached hydrogens (tertiary/aromatic N) is 4. The molecule has 2 rings (SSSR count). The van der Waals surface area contributed by atoms with Gasteiger partial charge in [-0.05, 0) is 26.7 Å². The summed E-state index contributed by atoms with van der Waals surface area (Å²) in [6.45, 7) is 6.30. The molecule has 21 heavy (non-hydrogen) atoms. The number of nitrogen functional groups attached to an aromatic ring is 1. The van der Waals surface area contributed by atoms with E-state index in [1.54, 1.807) is 0 Å². The zero-order valence-electron chi connectivity index (χ0n) is 12.4. The van der Waals surface area contributed by atoms with Crippen molar-refractivity contribution in [1.82, 2.24) is 20.3 Å². The lowest BCUT2D eigenvalue weighted by Crippen LogP contribution is -2.44. The average molecular weight is 294 g/mol. The molecule has 0 saturated carbocycles. The van der Waals surface area contributed by atoms with Crippen LogP contribution >= 0.6 is 0 Å². The number of hydrazine groups is 1. The molecule has 1 aromatic heterocycles. The first-order valence-electron chi connectivity index (χ1n) is 7.19. The van der Waals surface area contributed by atoms with Crippen molar-refractivity contribution in [3.05, 3.63) is 0 Å². The minimum absolute atomic E-state index is 0.0340. The first-order chi connectivity index (χ1) is 10.2. The lowest BCUT2D eigenvalue weighted by atomic mass is 10.1. The maximum Gasteiger partial charge on any atom is 0.243 e. The third kappa shape index (κ3) is 3.69. The monoisotopic (exact) mass is 294 g/mol. The Morgan fingerprint density at radius 1 is 1.29 bits per heavy atom. The van der Waals surface area contributed by atoms with Crippen molar-refractivity contribution < 1.29 is 4.79 Å². The average Bonchev–Trinajstić information content (AvgIpc) is 2.50. The van der Waals surface area contributed by atoms with Crippen LogP contribution in [0.5, 0.6) is 0 Å². The molecule has 1 amide bonds. The molecule has 0 bridgehead atoms. The van der Waals surface area contributed by atoms with Crippen molar-refractivity contribution in [2.75, 3.05) is 35.3 Å². The van der Waals surface area contributed by atoms with Gasteiger partial charge in [0, 0.05) is 19.6 Å². The van der Waals surface area contributed by atoms with Crippen molar-refractivity contribution in [3.63, 3.8) is 0 Å². The number of nitrogens with one attached hydrogen (secondary N) is 3. The number of piperidine rings is 1. The number of amides is 1. The largest absolute Gasteiger partial charge is 0.354 e. The van der Waals surface area contributed by atoms with E-state index in [0.717, 1.165) is 25.9 Å². The van der Waals surface area contributed by atoms with Crippen LogP contribution in [0.3, 0.4) is 0 Å². The van der Waals surface area contributed by atoms with Crippen LogP contribution in [0.2, 0.25) is 0 Å². The summed E-state index contributed by atoms with van der Waals surface area (Å²) in [5.74, 6) is 6.52. The van der Waals surface area contributed by atoms with Crippen LogP contribution in [0.4, 0.5) is 17.8 Å². The Kier molecular flexibility index (Phi) is 5.09. The molecule has 0 spiro atoms. The van der Waals surface area contributed by atoms with E-state index in [2.05, 4.69) is 31.0 Å². The quantitative estimate of drug-likeness (QED) is 0.416. The van der Waals surface area contributed by atoms with Crippen LogP contribution in [0.15, 0.2) is 0 Å². The lowest BCUT2D eigenvalue weighted by Gasteiger charge is -2.24. The molecule has 0 aromatic carbocycles. The molecule has 5 N–H and O–H groups in total. The first kappa shape index (κ1) is 15.2. The van der Waals surface area contributed by atoms with E-state index >= 15 is 0 Å². The Bertz CT molecular complexity index is 490. The van der Waals surface area contributed by atoms with Crippen molar-refractivity contribution in [3.8, 4) is 0 Å². The number of anilines is 3. The van der Waals surface area contributed by atoms with Gasteiger partial charge in [-0.25, -0.2) is 5.84 Å². The molecule has 1 aliphatic rings. The molecule has 1 saturated heterocycles.